The minimum atomic E-state index is -0.347. The number of hydrogen-bond acceptors (Lipinski definition) is 5. The van der Waals surface area contributed by atoms with Crippen LogP contribution in [0.4, 0.5) is 5.69 Å². The first-order valence-electron chi connectivity index (χ1n) is 12.6. The normalized spacial score (nSPS) is 11.6. The zero-order chi connectivity index (χ0) is 30.5. The van der Waals surface area contributed by atoms with Crippen molar-refractivity contribution in [3.8, 4) is 6.07 Å². The van der Waals surface area contributed by atoms with Crippen molar-refractivity contribution in [3.05, 3.63) is 151 Å². The van der Waals surface area contributed by atoms with Gasteiger partial charge < -0.3 is 4.74 Å². The zero-order valence-corrected chi connectivity index (χ0v) is 23.6. The highest BCUT2D eigenvalue weighted by atomic mass is 16.5. The Morgan fingerprint density at radius 3 is 1.66 bits per heavy atom. The summed E-state index contributed by atoms with van der Waals surface area (Å²) in [6.45, 7) is 10.4. The van der Waals surface area contributed by atoms with E-state index in [2.05, 4.69) is 24.0 Å². The second kappa shape index (κ2) is 19.5. The highest BCUT2D eigenvalue weighted by Crippen LogP contribution is 2.17. The number of hydrogen-bond donors (Lipinski definition) is 0. The molecule has 2 amide bonds. The molecule has 0 bridgehead atoms. The van der Waals surface area contributed by atoms with Crippen LogP contribution in [-0.2, 0) is 19.1 Å². The fourth-order valence-electron chi connectivity index (χ4n) is 2.90. The molecule has 0 spiro atoms. The Bertz CT molecular complexity index is 1400. The van der Waals surface area contributed by atoms with Crippen molar-refractivity contribution in [2.24, 2.45) is 0 Å². The molecule has 0 aromatic heterocycles. The first kappa shape index (κ1) is 33.5. The smallest absolute Gasteiger partial charge is 0.332 e. The number of nitrogens with zero attached hydrogens (tertiary/aromatic N) is 2. The summed E-state index contributed by atoms with van der Waals surface area (Å²) in [6, 6.07) is 30.9. The van der Waals surface area contributed by atoms with Crippen molar-refractivity contribution in [1.29, 1.82) is 5.26 Å². The number of allylic oxidation sites excluding steroid dienone is 3. The number of carbonyl (C=O) groups is 3. The number of amides is 2. The van der Waals surface area contributed by atoms with Crippen molar-refractivity contribution < 1.29 is 19.1 Å². The molecular weight excluding hydrogens is 512 g/mol. The van der Waals surface area contributed by atoms with Gasteiger partial charge >= 0.3 is 5.97 Å². The zero-order valence-electron chi connectivity index (χ0n) is 23.6. The van der Waals surface area contributed by atoms with E-state index >= 15 is 0 Å². The number of nitriles is 1. The van der Waals surface area contributed by atoms with Gasteiger partial charge in [-0.2, -0.15) is 5.26 Å². The van der Waals surface area contributed by atoms with Crippen molar-refractivity contribution in [2.45, 2.75) is 13.8 Å². The van der Waals surface area contributed by atoms with Gasteiger partial charge in [-0.3, -0.25) is 9.59 Å². The topological polar surface area (TPSA) is 87.5 Å². The second-order valence-corrected chi connectivity index (χ2v) is 8.30. The van der Waals surface area contributed by atoms with E-state index < -0.39 is 0 Å². The summed E-state index contributed by atoms with van der Waals surface area (Å²) in [7, 11) is 1.33. The monoisotopic (exact) mass is 546 g/mol. The second-order valence-electron chi connectivity index (χ2n) is 8.30. The summed E-state index contributed by atoms with van der Waals surface area (Å²) in [5.74, 6) is -0.910. The Balaban J connectivity index is 0.000000284. The van der Waals surface area contributed by atoms with E-state index in [1.807, 2.05) is 85.0 Å². The Hall–Kier alpha value is -5.54. The van der Waals surface area contributed by atoms with Gasteiger partial charge in [-0.05, 0) is 43.2 Å². The predicted molar refractivity (Wildman–Crippen MR) is 166 cm³/mol. The lowest BCUT2D eigenvalue weighted by atomic mass is 10.2. The summed E-state index contributed by atoms with van der Waals surface area (Å²) in [4.78, 5) is 33.7. The molecule has 1 aliphatic rings. The fraction of sp³-hybridized carbons (Fsp3) is 0.0857. The minimum Gasteiger partial charge on any atom is -0.466 e. The van der Waals surface area contributed by atoms with Crippen LogP contribution in [0.15, 0.2) is 140 Å². The molecule has 208 valence electrons. The van der Waals surface area contributed by atoms with Crippen LogP contribution >= 0.6 is 0 Å². The Labute approximate surface area is 242 Å². The quantitative estimate of drug-likeness (QED) is 0.110. The van der Waals surface area contributed by atoms with Crippen LogP contribution in [-0.4, -0.2) is 24.9 Å². The van der Waals surface area contributed by atoms with Gasteiger partial charge in [0.25, 0.3) is 11.8 Å². The van der Waals surface area contributed by atoms with Crippen molar-refractivity contribution in [3.63, 3.8) is 0 Å². The maximum atomic E-state index is 11.2. The molecule has 0 atom stereocenters. The number of rotatable bonds is 5. The maximum Gasteiger partial charge on any atom is 0.332 e. The molecule has 0 unspecified atom stereocenters. The molecule has 0 saturated heterocycles. The molecule has 6 heteroatoms. The van der Waals surface area contributed by atoms with Crippen LogP contribution in [0.1, 0.15) is 25.0 Å². The number of benzene rings is 3. The third-order valence-corrected chi connectivity index (χ3v) is 5.00. The van der Waals surface area contributed by atoms with E-state index in [0.717, 1.165) is 10.5 Å². The molecule has 1 heterocycles. The van der Waals surface area contributed by atoms with Crippen LogP contribution < -0.4 is 4.90 Å². The average Bonchev–Trinajstić information content (AvgIpc) is 3.36. The molecule has 3 aromatic rings. The van der Waals surface area contributed by atoms with Crippen molar-refractivity contribution in [1.82, 2.24) is 0 Å². The van der Waals surface area contributed by atoms with Gasteiger partial charge in [0.05, 0.1) is 18.9 Å². The third kappa shape index (κ3) is 13.7. The minimum absolute atomic E-state index is 0.281. The van der Waals surface area contributed by atoms with Crippen LogP contribution in [0, 0.1) is 11.3 Å². The number of ether oxygens (including phenoxy) is 1. The van der Waals surface area contributed by atoms with Gasteiger partial charge in [-0.15, -0.1) is 0 Å². The number of methoxy groups -OCH3 is 1. The molecule has 0 radical (unpaired) electrons. The van der Waals surface area contributed by atoms with Gasteiger partial charge in [0, 0.05) is 23.3 Å². The van der Waals surface area contributed by atoms with E-state index in [9.17, 15) is 14.4 Å². The first-order chi connectivity index (χ1) is 19.7. The molecular formula is C35H34N2O4. The van der Waals surface area contributed by atoms with Gasteiger partial charge in [0.1, 0.15) is 0 Å². The van der Waals surface area contributed by atoms with Gasteiger partial charge in [0.15, 0.2) is 0 Å². The molecule has 0 saturated carbocycles. The first-order valence-corrected chi connectivity index (χ1v) is 12.6. The number of imide groups is 1. The number of anilines is 1. The summed E-state index contributed by atoms with van der Waals surface area (Å²) >= 11 is 0. The van der Waals surface area contributed by atoms with E-state index in [0.29, 0.717) is 16.8 Å². The standard InChI is InChI=1S/C12H11N.C10H7NO2.C8H8.C5H8O2/c1-11(10-13)6-5-9-12-7-3-2-4-8-12;12-9-6-7-10(13)11(9)8-4-2-1-3-5-8;1-2-8-6-4-3-5-7-8;1-4(2)5(6)7-3/h2-9H,1H3;1-7H;2-7H,1H2;1H2,2-3H3. The lowest BCUT2D eigenvalue weighted by molar-refractivity contribution is -0.136. The average molecular weight is 547 g/mol. The SMILES string of the molecule is C=C(C)C(=O)OC.C=Cc1ccccc1.CC(C#N)=CC=Cc1ccccc1.O=C1C=CC(=O)N1c1ccccc1. The summed E-state index contributed by atoms with van der Waals surface area (Å²) < 4.78 is 4.27. The Morgan fingerprint density at radius 2 is 1.29 bits per heavy atom. The van der Waals surface area contributed by atoms with Crippen LogP contribution in [0.5, 0.6) is 0 Å². The van der Waals surface area contributed by atoms with Crippen LogP contribution in [0.25, 0.3) is 12.2 Å². The number of para-hydroxylation sites is 1. The fourth-order valence-corrected chi connectivity index (χ4v) is 2.90. The van der Waals surface area contributed by atoms with Gasteiger partial charge in [-0.1, -0.05) is 110 Å². The third-order valence-electron chi connectivity index (χ3n) is 5.00. The van der Waals surface area contributed by atoms with Gasteiger partial charge in [0.2, 0.25) is 0 Å². The summed E-state index contributed by atoms with van der Waals surface area (Å²) in [5.41, 5.74) is 4.08. The van der Waals surface area contributed by atoms with Crippen molar-refractivity contribution in [2.75, 3.05) is 12.0 Å². The van der Waals surface area contributed by atoms with E-state index in [1.54, 1.807) is 44.2 Å². The molecule has 0 aliphatic carbocycles. The highest BCUT2D eigenvalue weighted by molar-refractivity contribution is 6.28. The molecule has 41 heavy (non-hydrogen) atoms. The van der Waals surface area contributed by atoms with Crippen LogP contribution in [0.3, 0.4) is 0 Å². The van der Waals surface area contributed by atoms with Crippen molar-refractivity contribution >= 4 is 35.6 Å². The Morgan fingerprint density at radius 1 is 0.829 bits per heavy atom. The maximum absolute atomic E-state index is 11.2. The lowest BCUT2D eigenvalue weighted by Crippen LogP contribution is -2.29. The molecule has 3 aromatic carbocycles. The van der Waals surface area contributed by atoms with E-state index in [1.165, 1.54) is 24.8 Å². The Kier molecular flexibility index (Phi) is 15.9. The molecule has 4 rings (SSSR count). The molecule has 0 N–H and O–H groups in total. The summed E-state index contributed by atoms with van der Waals surface area (Å²) in [5, 5.41) is 8.48. The van der Waals surface area contributed by atoms with Crippen LogP contribution in [0.2, 0.25) is 0 Å². The largest absolute Gasteiger partial charge is 0.466 e. The lowest BCUT2D eigenvalue weighted by Gasteiger charge is -2.12. The number of carbonyl (C=O) groups excluding carboxylic acids is 3. The highest BCUT2D eigenvalue weighted by Gasteiger charge is 2.24. The summed E-state index contributed by atoms with van der Waals surface area (Å²) in [6.07, 6.45) is 10.0. The van der Waals surface area contributed by atoms with E-state index in [-0.39, 0.29) is 17.8 Å². The molecule has 1 aliphatic heterocycles. The van der Waals surface area contributed by atoms with Gasteiger partial charge in [-0.25, -0.2) is 9.69 Å². The number of esters is 1. The molecule has 0 fully saturated rings. The van der Waals surface area contributed by atoms with E-state index in [4.69, 9.17) is 5.26 Å². The molecule has 6 nitrogen and oxygen atoms in total. The predicted octanol–water partition coefficient (Wildman–Crippen LogP) is 7.35.